The number of aliphatic hydroxyl groups excluding tert-OH is 1. The molecule has 0 unspecified atom stereocenters. The Morgan fingerprint density at radius 2 is 2.40 bits per heavy atom. The highest BCUT2D eigenvalue weighted by molar-refractivity contribution is 6.35. The van der Waals surface area contributed by atoms with Crippen molar-refractivity contribution in [1.82, 2.24) is 0 Å². The molecule has 0 aromatic carbocycles. The van der Waals surface area contributed by atoms with Crippen LogP contribution < -0.4 is 5.73 Å². The van der Waals surface area contributed by atoms with Crippen LogP contribution in [0.2, 0.25) is 0 Å². The lowest BCUT2D eigenvalue weighted by molar-refractivity contribution is 0.366. The van der Waals surface area contributed by atoms with Gasteiger partial charge in [0.15, 0.2) is 7.28 Å². The standard InChI is InChI=1S/C2H7BNO/c4-1-3-2-5/h5H,1-2,4H2. The molecule has 0 bridgehead atoms. The Balaban J connectivity index is 2.19. The van der Waals surface area contributed by atoms with Gasteiger partial charge >= 0.3 is 0 Å². The average molecular weight is 71.9 g/mol. The van der Waals surface area contributed by atoms with Crippen LogP contribution in [-0.2, 0) is 0 Å². The minimum Gasteiger partial charge on any atom is -0.405 e. The number of aliphatic hydroxyl groups is 1. The summed E-state index contributed by atoms with van der Waals surface area (Å²) in [5, 5.41) is 7.93. The third-order valence-corrected chi connectivity index (χ3v) is 0.296. The lowest BCUT2D eigenvalue weighted by Gasteiger charge is -1.77. The first-order valence-electron chi connectivity index (χ1n) is 1.54. The van der Waals surface area contributed by atoms with Crippen LogP contribution in [0, 0.1) is 0 Å². The number of rotatable bonds is 2. The van der Waals surface area contributed by atoms with Crippen LogP contribution in [0.4, 0.5) is 0 Å². The molecule has 3 N–H and O–H groups in total. The van der Waals surface area contributed by atoms with Crippen LogP contribution in [0.1, 0.15) is 0 Å². The second kappa shape index (κ2) is 3.98. The lowest BCUT2D eigenvalue weighted by atomic mass is 9.81. The summed E-state index contributed by atoms with van der Waals surface area (Å²) in [6.07, 6.45) is 0.469. The Morgan fingerprint density at radius 3 is 2.40 bits per heavy atom. The van der Waals surface area contributed by atoms with Gasteiger partial charge in [-0.1, -0.05) is 0 Å². The Kier molecular flexibility index (Phi) is 3.97. The SMILES string of the molecule is NC[B]CO. The van der Waals surface area contributed by atoms with Crippen molar-refractivity contribution in [2.75, 3.05) is 13.0 Å². The van der Waals surface area contributed by atoms with E-state index in [4.69, 9.17) is 10.8 Å². The van der Waals surface area contributed by atoms with Gasteiger partial charge in [-0.25, -0.2) is 0 Å². The highest BCUT2D eigenvalue weighted by Gasteiger charge is 1.74. The molecule has 0 spiro atoms. The molecule has 0 aromatic heterocycles. The van der Waals surface area contributed by atoms with Crippen molar-refractivity contribution in [1.29, 1.82) is 0 Å². The molecule has 0 aromatic rings. The summed E-state index contributed by atoms with van der Waals surface area (Å²) in [5.74, 6) is 0. The summed E-state index contributed by atoms with van der Waals surface area (Å²) in [6.45, 7) is 0.0938. The topological polar surface area (TPSA) is 46.2 Å². The molecular formula is C2H7BNO. The van der Waals surface area contributed by atoms with Gasteiger partial charge in [0.1, 0.15) is 0 Å². The maximum atomic E-state index is 7.93. The smallest absolute Gasteiger partial charge is 0.162 e. The predicted octanol–water partition coefficient (Wildman–Crippen LogP) is -1.44. The van der Waals surface area contributed by atoms with Gasteiger partial charge in [0, 0.05) is 6.51 Å². The van der Waals surface area contributed by atoms with Crippen molar-refractivity contribution in [3.8, 4) is 0 Å². The zero-order valence-corrected chi connectivity index (χ0v) is 3.02. The Hall–Kier alpha value is -0.0151. The molecule has 1 radical (unpaired) electrons. The monoisotopic (exact) mass is 72.1 g/mol. The Bertz CT molecular complexity index is 17.1. The maximum absolute atomic E-state index is 7.93. The Morgan fingerprint density at radius 1 is 1.80 bits per heavy atom. The van der Waals surface area contributed by atoms with Crippen LogP contribution in [0.15, 0.2) is 0 Å². The zero-order chi connectivity index (χ0) is 4.12. The second-order valence-electron chi connectivity index (χ2n) is 0.707. The fourth-order valence-corrected chi connectivity index (χ4v) is 0.0745. The van der Waals surface area contributed by atoms with Crippen LogP contribution in [-0.4, -0.2) is 25.3 Å². The molecule has 29 valence electrons. The summed E-state index contributed by atoms with van der Waals surface area (Å²) in [7, 11) is 1.58. The minimum atomic E-state index is 0.0938. The quantitative estimate of drug-likeness (QED) is 0.392. The molecule has 5 heavy (non-hydrogen) atoms. The van der Waals surface area contributed by atoms with E-state index in [1.54, 1.807) is 7.28 Å². The van der Waals surface area contributed by atoms with Crippen molar-refractivity contribution < 1.29 is 5.11 Å². The van der Waals surface area contributed by atoms with E-state index >= 15 is 0 Å². The van der Waals surface area contributed by atoms with Gasteiger partial charge in [0.2, 0.25) is 0 Å². The average Bonchev–Trinajstić information content (AvgIpc) is 1.41. The predicted molar refractivity (Wildman–Crippen MR) is 21.9 cm³/mol. The zero-order valence-electron chi connectivity index (χ0n) is 3.02. The van der Waals surface area contributed by atoms with E-state index in [9.17, 15) is 0 Å². The fourth-order valence-electron chi connectivity index (χ4n) is 0.0745. The summed E-state index contributed by atoms with van der Waals surface area (Å²) < 4.78 is 0. The van der Waals surface area contributed by atoms with Gasteiger partial charge in [-0.15, -0.1) is 0 Å². The number of hydrogen-bond donors (Lipinski definition) is 2. The highest BCUT2D eigenvalue weighted by Crippen LogP contribution is 1.42. The summed E-state index contributed by atoms with van der Waals surface area (Å²) >= 11 is 0. The van der Waals surface area contributed by atoms with Crippen LogP contribution in [0.3, 0.4) is 0 Å². The molecule has 0 saturated heterocycles. The third kappa shape index (κ3) is 3.98. The molecule has 0 aliphatic carbocycles. The minimum absolute atomic E-state index is 0.0938. The molecule has 0 atom stereocenters. The summed E-state index contributed by atoms with van der Waals surface area (Å²) in [5.41, 5.74) is 4.92. The first-order valence-corrected chi connectivity index (χ1v) is 1.54. The fraction of sp³-hybridized carbons (Fsp3) is 1.00. The molecule has 0 aliphatic rings. The molecular weight excluding hydrogens is 64.8 g/mol. The van der Waals surface area contributed by atoms with Crippen LogP contribution >= 0.6 is 0 Å². The van der Waals surface area contributed by atoms with Gasteiger partial charge in [-0.05, 0) is 6.44 Å². The maximum Gasteiger partial charge on any atom is 0.162 e. The third-order valence-electron chi connectivity index (χ3n) is 0.296. The second-order valence-corrected chi connectivity index (χ2v) is 0.707. The van der Waals surface area contributed by atoms with Crippen molar-refractivity contribution >= 4 is 7.28 Å². The highest BCUT2D eigenvalue weighted by atomic mass is 16.2. The molecule has 0 fully saturated rings. The van der Waals surface area contributed by atoms with Gasteiger partial charge in [-0.3, -0.25) is 0 Å². The van der Waals surface area contributed by atoms with E-state index < -0.39 is 0 Å². The van der Waals surface area contributed by atoms with Crippen molar-refractivity contribution in [2.24, 2.45) is 5.73 Å². The largest absolute Gasteiger partial charge is 0.405 e. The van der Waals surface area contributed by atoms with E-state index in [0.717, 1.165) is 0 Å². The molecule has 0 amide bonds. The van der Waals surface area contributed by atoms with Crippen LogP contribution in [0.25, 0.3) is 0 Å². The van der Waals surface area contributed by atoms with Crippen LogP contribution in [0.5, 0.6) is 0 Å². The number of hydrogen-bond acceptors (Lipinski definition) is 2. The van der Waals surface area contributed by atoms with E-state index in [2.05, 4.69) is 0 Å². The summed E-state index contributed by atoms with van der Waals surface area (Å²) in [4.78, 5) is 0. The van der Waals surface area contributed by atoms with E-state index in [-0.39, 0.29) is 6.51 Å². The van der Waals surface area contributed by atoms with Gasteiger partial charge in [0.25, 0.3) is 0 Å². The van der Waals surface area contributed by atoms with Crippen molar-refractivity contribution in [3.05, 3.63) is 0 Å². The molecule has 3 heteroatoms. The van der Waals surface area contributed by atoms with Gasteiger partial charge < -0.3 is 10.8 Å². The number of nitrogens with two attached hydrogens (primary N) is 1. The first-order chi connectivity index (χ1) is 2.41. The summed E-state index contributed by atoms with van der Waals surface area (Å²) in [6, 6.07) is 0. The van der Waals surface area contributed by atoms with E-state index in [1.165, 1.54) is 0 Å². The molecule has 0 heterocycles. The molecule has 0 aliphatic heterocycles. The van der Waals surface area contributed by atoms with Crippen molar-refractivity contribution in [2.45, 2.75) is 0 Å². The van der Waals surface area contributed by atoms with Crippen molar-refractivity contribution in [3.63, 3.8) is 0 Å². The normalized spacial score (nSPS) is 7.60. The van der Waals surface area contributed by atoms with Gasteiger partial charge in [-0.2, -0.15) is 0 Å². The Labute approximate surface area is 32.2 Å². The van der Waals surface area contributed by atoms with E-state index in [1.807, 2.05) is 0 Å². The molecule has 2 nitrogen and oxygen atoms in total. The molecule has 0 saturated carbocycles. The van der Waals surface area contributed by atoms with E-state index in [0.29, 0.717) is 6.44 Å². The van der Waals surface area contributed by atoms with Gasteiger partial charge in [0.05, 0.1) is 0 Å². The first kappa shape index (κ1) is 4.98. The molecule has 0 rings (SSSR count). The lowest BCUT2D eigenvalue weighted by Crippen LogP contribution is -2.11.